The van der Waals surface area contributed by atoms with Crippen LogP contribution in [-0.4, -0.2) is 35.7 Å². The van der Waals surface area contributed by atoms with Crippen molar-refractivity contribution in [2.45, 2.75) is 19.3 Å². The third-order valence-electron chi connectivity index (χ3n) is 4.53. The number of benzene rings is 2. The molecule has 0 fully saturated rings. The van der Waals surface area contributed by atoms with E-state index in [4.69, 9.17) is 0 Å². The first-order valence-corrected chi connectivity index (χ1v) is 9.07. The van der Waals surface area contributed by atoms with Crippen LogP contribution in [-0.2, 0) is 10.2 Å². The van der Waals surface area contributed by atoms with Crippen molar-refractivity contribution in [3.8, 4) is 0 Å². The number of nitrogens with zero attached hydrogens (tertiary/aromatic N) is 1. The lowest BCUT2D eigenvalue weighted by atomic mass is 9.84. The Hall–Kier alpha value is -2.47. The molecular weight excluding hydrogens is 396 g/mol. The third-order valence-corrected chi connectivity index (χ3v) is 5.06. The van der Waals surface area contributed by atoms with Crippen molar-refractivity contribution in [2.24, 2.45) is 0 Å². The summed E-state index contributed by atoms with van der Waals surface area (Å²) in [5.41, 5.74) is 1.50. The van der Waals surface area contributed by atoms with Crippen molar-refractivity contribution in [3.63, 3.8) is 0 Å². The molecule has 0 unspecified atom stereocenters. The van der Waals surface area contributed by atoms with Gasteiger partial charge in [-0.3, -0.25) is 19.3 Å². The topological polar surface area (TPSA) is 66.5 Å². The minimum Gasteiger partial charge on any atom is -0.354 e. The van der Waals surface area contributed by atoms with Gasteiger partial charge >= 0.3 is 0 Å². The predicted molar refractivity (Wildman–Crippen MR) is 102 cm³/mol. The second-order valence-corrected chi connectivity index (χ2v) is 7.83. The molecule has 1 N–H and O–H groups in total. The molecule has 0 saturated carbocycles. The SMILES string of the molecule is CC(C)(CNC(=O)CN1C(=O)c2ccccc2C1=O)c1ccc(Br)cc1. The molecule has 1 aliphatic heterocycles. The van der Waals surface area contributed by atoms with Gasteiger partial charge in [-0.25, -0.2) is 0 Å². The van der Waals surface area contributed by atoms with Crippen LogP contribution >= 0.6 is 15.9 Å². The van der Waals surface area contributed by atoms with Crippen molar-refractivity contribution in [3.05, 3.63) is 69.7 Å². The zero-order valence-electron chi connectivity index (χ0n) is 14.6. The quantitative estimate of drug-likeness (QED) is 0.764. The molecule has 0 aliphatic carbocycles. The first-order valence-electron chi connectivity index (χ1n) is 8.27. The Bertz CT molecular complexity index is 840. The molecule has 1 aliphatic rings. The molecule has 0 radical (unpaired) electrons. The fraction of sp³-hybridized carbons (Fsp3) is 0.250. The van der Waals surface area contributed by atoms with E-state index in [1.54, 1.807) is 24.3 Å². The average molecular weight is 415 g/mol. The van der Waals surface area contributed by atoms with Gasteiger partial charge in [0.2, 0.25) is 5.91 Å². The van der Waals surface area contributed by atoms with Crippen LogP contribution in [0, 0.1) is 0 Å². The van der Waals surface area contributed by atoms with Crippen LogP contribution in [0.25, 0.3) is 0 Å². The van der Waals surface area contributed by atoms with Gasteiger partial charge in [-0.1, -0.05) is 54.0 Å². The zero-order valence-corrected chi connectivity index (χ0v) is 16.2. The van der Waals surface area contributed by atoms with E-state index in [0.29, 0.717) is 17.7 Å². The molecule has 1 heterocycles. The first kappa shape index (κ1) is 18.3. The van der Waals surface area contributed by atoms with E-state index in [0.717, 1.165) is 14.9 Å². The molecule has 2 aromatic carbocycles. The Morgan fingerprint density at radius 1 is 1.00 bits per heavy atom. The lowest BCUT2D eigenvalue weighted by Crippen LogP contribution is -2.44. The Labute approximate surface area is 160 Å². The largest absolute Gasteiger partial charge is 0.354 e. The minimum absolute atomic E-state index is 0.275. The summed E-state index contributed by atoms with van der Waals surface area (Å²) in [4.78, 5) is 37.9. The maximum atomic E-state index is 12.3. The van der Waals surface area contributed by atoms with Gasteiger partial charge in [-0.05, 0) is 29.8 Å². The molecule has 0 atom stereocenters. The van der Waals surface area contributed by atoms with E-state index >= 15 is 0 Å². The number of amides is 3. The van der Waals surface area contributed by atoms with Gasteiger partial charge in [-0.2, -0.15) is 0 Å². The Morgan fingerprint density at radius 3 is 2.08 bits per heavy atom. The highest BCUT2D eigenvalue weighted by Gasteiger charge is 2.36. The van der Waals surface area contributed by atoms with Crippen molar-refractivity contribution in [2.75, 3.05) is 13.1 Å². The number of hydrogen-bond donors (Lipinski definition) is 1. The van der Waals surface area contributed by atoms with Crippen LogP contribution in [0.4, 0.5) is 0 Å². The highest BCUT2D eigenvalue weighted by atomic mass is 79.9. The molecule has 0 aromatic heterocycles. The number of carbonyl (C=O) groups excluding carboxylic acids is 3. The van der Waals surface area contributed by atoms with E-state index in [-0.39, 0.29) is 17.9 Å². The number of halogens is 1. The van der Waals surface area contributed by atoms with Crippen molar-refractivity contribution in [1.29, 1.82) is 0 Å². The minimum atomic E-state index is -0.423. The van der Waals surface area contributed by atoms with Crippen LogP contribution in [0.2, 0.25) is 0 Å². The standard InChI is InChI=1S/C20H19BrN2O3/c1-20(2,13-7-9-14(21)10-8-13)12-22-17(24)11-23-18(25)15-5-3-4-6-16(15)19(23)26/h3-10H,11-12H2,1-2H3,(H,22,24). The molecule has 0 spiro atoms. The summed E-state index contributed by atoms with van der Waals surface area (Å²) in [7, 11) is 0. The molecule has 0 saturated heterocycles. The molecule has 3 rings (SSSR count). The molecule has 6 heteroatoms. The maximum Gasteiger partial charge on any atom is 0.262 e. The van der Waals surface area contributed by atoms with Crippen LogP contribution in [0.5, 0.6) is 0 Å². The van der Waals surface area contributed by atoms with E-state index in [1.165, 1.54) is 0 Å². The summed E-state index contributed by atoms with van der Waals surface area (Å²) < 4.78 is 0.992. The normalized spacial score (nSPS) is 13.7. The number of imide groups is 1. The van der Waals surface area contributed by atoms with Gasteiger partial charge in [0.1, 0.15) is 6.54 Å². The zero-order chi connectivity index (χ0) is 18.9. The molecule has 3 amide bonds. The Kier molecular flexibility index (Phi) is 4.96. The maximum absolute atomic E-state index is 12.3. The summed E-state index contributed by atoms with van der Waals surface area (Å²) in [6.07, 6.45) is 0. The second kappa shape index (κ2) is 7.03. The van der Waals surface area contributed by atoms with Gasteiger partial charge in [0.15, 0.2) is 0 Å². The summed E-state index contributed by atoms with van der Waals surface area (Å²) in [5, 5.41) is 2.83. The lowest BCUT2D eigenvalue weighted by molar-refractivity contribution is -0.121. The summed E-state index contributed by atoms with van der Waals surface area (Å²) in [5.74, 6) is -1.20. The van der Waals surface area contributed by atoms with Gasteiger partial charge < -0.3 is 5.32 Å². The van der Waals surface area contributed by atoms with Crippen LogP contribution < -0.4 is 5.32 Å². The van der Waals surface area contributed by atoms with Gasteiger partial charge in [0.05, 0.1) is 11.1 Å². The number of carbonyl (C=O) groups is 3. The predicted octanol–water partition coefficient (Wildman–Crippen LogP) is 3.14. The summed E-state index contributed by atoms with van der Waals surface area (Å²) in [6, 6.07) is 14.5. The summed E-state index contributed by atoms with van der Waals surface area (Å²) in [6.45, 7) is 4.18. The molecule has 26 heavy (non-hydrogen) atoms. The smallest absolute Gasteiger partial charge is 0.262 e. The van der Waals surface area contributed by atoms with Gasteiger partial charge in [0.25, 0.3) is 11.8 Å². The Balaban J connectivity index is 1.62. The number of fused-ring (bicyclic) bond motifs is 1. The van der Waals surface area contributed by atoms with Crippen LogP contribution in [0.15, 0.2) is 53.0 Å². The molecular formula is C20H19BrN2O3. The van der Waals surface area contributed by atoms with E-state index < -0.39 is 11.8 Å². The Morgan fingerprint density at radius 2 is 1.54 bits per heavy atom. The number of hydrogen-bond acceptors (Lipinski definition) is 3. The molecule has 5 nitrogen and oxygen atoms in total. The summed E-state index contributed by atoms with van der Waals surface area (Å²) >= 11 is 3.41. The lowest BCUT2D eigenvalue weighted by Gasteiger charge is -2.26. The highest BCUT2D eigenvalue weighted by Crippen LogP contribution is 2.24. The van der Waals surface area contributed by atoms with Crippen molar-refractivity contribution in [1.82, 2.24) is 10.2 Å². The van der Waals surface area contributed by atoms with E-state index in [2.05, 4.69) is 21.2 Å². The molecule has 2 aromatic rings. The number of nitrogens with one attached hydrogen (secondary N) is 1. The fourth-order valence-electron chi connectivity index (χ4n) is 2.90. The number of rotatable bonds is 5. The second-order valence-electron chi connectivity index (χ2n) is 6.91. The van der Waals surface area contributed by atoms with Crippen LogP contribution in [0.1, 0.15) is 40.1 Å². The first-order chi connectivity index (χ1) is 12.3. The third kappa shape index (κ3) is 3.55. The fourth-order valence-corrected chi connectivity index (χ4v) is 3.17. The van der Waals surface area contributed by atoms with Crippen LogP contribution in [0.3, 0.4) is 0 Å². The van der Waals surface area contributed by atoms with Crippen molar-refractivity contribution < 1.29 is 14.4 Å². The average Bonchev–Trinajstić information content (AvgIpc) is 2.86. The van der Waals surface area contributed by atoms with Gasteiger partial charge in [0, 0.05) is 16.4 Å². The van der Waals surface area contributed by atoms with Gasteiger partial charge in [-0.15, -0.1) is 0 Å². The monoisotopic (exact) mass is 414 g/mol. The van der Waals surface area contributed by atoms with E-state index in [9.17, 15) is 14.4 Å². The molecule has 134 valence electrons. The van der Waals surface area contributed by atoms with E-state index in [1.807, 2.05) is 38.1 Å². The van der Waals surface area contributed by atoms with Crippen molar-refractivity contribution >= 4 is 33.7 Å². The molecule has 0 bridgehead atoms. The highest BCUT2D eigenvalue weighted by molar-refractivity contribution is 9.10.